The minimum absolute atomic E-state index is 0.414. The number of fused-ring (bicyclic) bond motifs is 1. The first-order valence-corrected chi connectivity index (χ1v) is 8.72. The molecule has 5 nitrogen and oxygen atoms in total. The molecule has 3 aromatic rings. The number of anilines is 2. The zero-order valence-corrected chi connectivity index (χ0v) is 14.5. The average molecular weight is 368 g/mol. The first-order valence-electron chi connectivity index (χ1n) is 8.72. The van der Waals surface area contributed by atoms with E-state index in [0.29, 0.717) is 26.2 Å². The number of nitrogens with one attached hydrogen (secondary N) is 1. The van der Waals surface area contributed by atoms with Crippen LogP contribution in [0.5, 0.6) is 0 Å². The second-order valence-corrected chi connectivity index (χ2v) is 6.35. The smallest absolute Gasteiger partial charge is 0.322 e. The standard InChI is InChI=1S/C20H18F2N4O/c21-15-6-2-7-16(22)19(15)24-20(27)26-12-10-25(11-13-26)17-8-1-4-14-5-3-9-23-18(14)17/h1-9H,10-13H2,(H,24,27). The maximum atomic E-state index is 13.7. The lowest BCUT2D eigenvalue weighted by atomic mass is 10.1. The maximum absolute atomic E-state index is 13.7. The Labute approximate surface area is 155 Å². The highest BCUT2D eigenvalue weighted by molar-refractivity contribution is 5.92. The van der Waals surface area contributed by atoms with Crippen LogP contribution in [0.15, 0.2) is 54.7 Å². The van der Waals surface area contributed by atoms with Crippen molar-refractivity contribution < 1.29 is 13.6 Å². The lowest BCUT2D eigenvalue weighted by Gasteiger charge is -2.36. The third kappa shape index (κ3) is 3.40. The summed E-state index contributed by atoms with van der Waals surface area (Å²) in [5.74, 6) is -1.58. The Balaban J connectivity index is 1.45. The molecule has 1 aliphatic rings. The molecule has 2 amide bonds. The third-order valence-corrected chi connectivity index (χ3v) is 4.71. The molecule has 2 aromatic carbocycles. The number of halogens is 2. The Kier molecular flexibility index (Phi) is 4.58. The van der Waals surface area contributed by atoms with Gasteiger partial charge in [-0.2, -0.15) is 0 Å². The predicted molar refractivity (Wildman–Crippen MR) is 101 cm³/mol. The molecule has 0 aliphatic carbocycles. The van der Waals surface area contributed by atoms with Crippen molar-refractivity contribution in [1.82, 2.24) is 9.88 Å². The first kappa shape index (κ1) is 17.2. The fourth-order valence-corrected chi connectivity index (χ4v) is 3.30. The molecular weight excluding hydrogens is 350 g/mol. The van der Waals surface area contributed by atoms with E-state index in [1.165, 1.54) is 6.07 Å². The number of hydrogen-bond donors (Lipinski definition) is 1. The van der Waals surface area contributed by atoms with Crippen LogP contribution in [0.25, 0.3) is 10.9 Å². The van der Waals surface area contributed by atoms with Gasteiger partial charge in [-0.25, -0.2) is 13.6 Å². The molecule has 0 radical (unpaired) electrons. The van der Waals surface area contributed by atoms with E-state index in [1.54, 1.807) is 11.1 Å². The van der Waals surface area contributed by atoms with Crippen molar-refractivity contribution in [2.75, 3.05) is 36.4 Å². The molecule has 138 valence electrons. The fraction of sp³-hybridized carbons (Fsp3) is 0.200. The van der Waals surface area contributed by atoms with Gasteiger partial charge in [0.25, 0.3) is 0 Å². The summed E-state index contributed by atoms with van der Waals surface area (Å²) in [6.07, 6.45) is 1.76. The van der Waals surface area contributed by atoms with Crippen LogP contribution in [0.1, 0.15) is 0 Å². The van der Waals surface area contributed by atoms with Gasteiger partial charge < -0.3 is 15.1 Å². The fourth-order valence-electron chi connectivity index (χ4n) is 3.30. The molecule has 0 spiro atoms. The molecule has 1 aliphatic heterocycles. The molecule has 4 rings (SSSR count). The zero-order chi connectivity index (χ0) is 18.8. The molecule has 1 aromatic heterocycles. The zero-order valence-electron chi connectivity index (χ0n) is 14.5. The number of hydrogen-bond acceptors (Lipinski definition) is 3. The molecule has 1 N–H and O–H groups in total. The molecular formula is C20H18F2N4O. The number of nitrogens with zero attached hydrogens (tertiary/aromatic N) is 3. The minimum atomic E-state index is -0.788. The van der Waals surface area contributed by atoms with E-state index in [2.05, 4.69) is 15.2 Å². The van der Waals surface area contributed by atoms with Gasteiger partial charge in [0.2, 0.25) is 0 Å². The van der Waals surface area contributed by atoms with Gasteiger partial charge in [-0.3, -0.25) is 4.98 Å². The summed E-state index contributed by atoms with van der Waals surface area (Å²) in [4.78, 5) is 20.6. The quantitative estimate of drug-likeness (QED) is 0.747. The van der Waals surface area contributed by atoms with Crippen molar-refractivity contribution in [1.29, 1.82) is 0 Å². The number of piperazine rings is 1. The molecule has 2 heterocycles. The van der Waals surface area contributed by atoms with Crippen LogP contribution in [0.2, 0.25) is 0 Å². The number of benzene rings is 2. The van der Waals surface area contributed by atoms with E-state index < -0.39 is 23.4 Å². The second-order valence-electron chi connectivity index (χ2n) is 6.35. The van der Waals surface area contributed by atoms with Gasteiger partial charge in [0.05, 0.1) is 11.2 Å². The van der Waals surface area contributed by atoms with Gasteiger partial charge in [-0.15, -0.1) is 0 Å². The average Bonchev–Trinajstić information content (AvgIpc) is 2.70. The van der Waals surface area contributed by atoms with Crippen LogP contribution >= 0.6 is 0 Å². The molecule has 0 saturated carbocycles. The summed E-state index contributed by atoms with van der Waals surface area (Å²) in [7, 11) is 0. The molecule has 1 saturated heterocycles. The molecule has 0 unspecified atom stereocenters. The number of para-hydroxylation sites is 2. The van der Waals surface area contributed by atoms with E-state index in [-0.39, 0.29) is 0 Å². The normalized spacial score (nSPS) is 14.4. The van der Waals surface area contributed by atoms with Crippen molar-refractivity contribution in [3.05, 3.63) is 66.4 Å². The first-order chi connectivity index (χ1) is 13.1. The van der Waals surface area contributed by atoms with Crippen LogP contribution in [0.4, 0.5) is 25.0 Å². The largest absolute Gasteiger partial charge is 0.366 e. The highest BCUT2D eigenvalue weighted by Crippen LogP contribution is 2.26. The van der Waals surface area contributed by atoms with E-state index in [9.17, 15) is 13.6 Å². The number of carbonyl (C=O) groups is 1. The topological polar surface area (TPSA) is 48.5 Å². The Bertz CT molecular complexity index is 961. The van der Waals surface area contributed by atoms with Crippen LogP contribution < -0.4 is 10.2 Å². The molecule has 0 atom stereocenters. The number of pyridine rings is 1. The van der Waals surface area contributed by atoms with Crippen LogP contribution in [0.3, 0.4) is 0 Å². The Hall–Kier alpha value is -3.22. The monoisotopic (exact) mass is 368 g/mol. The Morgan fingerprint density at radius 1 is 0.926 bits per heavy atom. The summed E-state index contributed by atoms with van der Waals surface area (Å²) >= 11 is 0. The summed E-state index contributed by atoms with van der Waals surface area (Å²) in [6.45, 7) is 2.13. The lowest BCUT2D eigenvalue weighted by molar-refractivity contribution is 0.208. The highest BCUT2D eigenvalue weighted by Gasteiger charge is 2.24. The van der Waals surface area contributed by atoms with Crippen molar-refractivity contribution in [3.8, 4) is 0 Å². The van der Waals surface area contributed by atoms with E-state index in [0.717, 1.165) is 28.7 Å². The SMILES string of the molecule is O=C(Nc1c(F)cccc1F)N1CCN(c2cccc3cccnc23)CC1. The van der Waals surface area contributed by atoms with E-state index in [4.69, 9.17) is 0 Å². The number of rotatable bonds is 2. The summed E-state index contributed by atoms with van der Waals surface area (Å²) in [5.41, 5.74) is 1.53. The molecule has 1 fully saturated rings. The molecule has 0 bridgehead atoms. The summed E-state index contributed by atoms with van der Waals surface area (Å²) in [5, 5.41) is 3.40. The van der Waals surface area contributed by atoms with Gasteiger partial charge in [0.1, 0.15) is 17.3 Å². The van der Waals surface area contributed by atoms with Crippen molar-refractivity contribution >= 4 is 28.3 Å². The van der Waals surface area contributed by atoms with Crippen molar-refractivity contribution in [2.24, 2.45) is 0 Å². The third-order valence-electron chi connectivity index (χ3n) is 4.71. The van der Waals surface area contributed by atoms with Gasteiger partial charge in [-0.05, 0) is 24.3 Å². The number of aromatic nitrogens is 1. The van der Waals surface area contributed by atoms with Crippen molar-refractivity contribution in [2.45, 2.75) is 0 Å². The number of carbonyl (C=O) groups excluding carboxylic acids is 1. The van der Waals surface area contributed by atoms with Gasteiger partial charge >= 0.3 is 6.03 Å². The Morgan fingerprint density at radius 3 is 2.33 bits per heavy atom. The van der Waals surface area contributed by atoms with Crippen LogP contribution in [0, 0.1) is 11.6 Å². The molecule has 7 heteroatoms. The highest BCUT2D eigenvalue weighted by atomic mass is 19.1. The van der Waals surface area contributed by atoms with Crippen LogP contribution in [-0.4, -0.2) is 42.1 Å². The van der Waals surface area contributed by atoms with E-state index >= 15 is 0 Å². The van der Waals surface area contributed by atoms with Crippen molar-refractivity contribution in [3.63, 3.8) is 0 Å². The van der Waals surface area contributed by atoms with E-state index in [1.807, 2.05) is 30.3 Å². The maximum Gasteiger partial charge on any atom is 0.322 e. The van der Waals surface area contributed by atoms with Crippen LogP contribution in [-0.2, 0) is 0 Å². The lowest BCUT2D eigenvalue weighted by Crippen LogP contribution is -2.50. The van der Waals surface area contributed by atoms with Gasteiger partial charge in [-0.1, -0.05) is 24.3 Å². The van der Waals surface area contributed by atoms with Gasteiger partial charge in [0, 0.05) is 37.8 Å². The summed E-state index contributed by atoms with van der Waals surface area (Å²) < 4.78 is 27.4. The summed E-state index contributed by atoms with van der Waals surface area (Å²) in [6, 6.07) is 12.9. The number of amides is 2. The number of urea groups is 1. The second kappa shape index (κ2) is 7.19. The van der Waals surface area contributed by atoms with Gasteiger partial charge in [0.15, 0.2) is 0 Å². The molecule has 27 heavy (non-hydrogen) atoms. The predicted octanol–water partition coefficient (Wildman–Crippen LogP) is 3.87. The Morgan fingerprint density at radius 2 is 1.59 bits per heavy atom. The minimum Gasteiger partial charge on any atom is -0.366 e.